The number of guanidine groups is 1. The van der Waals surface area contributed by atoms with Gasteiger partial charge in [0.25, 0.3) is 0 Å². The van der Waals surface area contributed by atoms with E-state index in [-0.39, 0.29) is 24.0 Å². The van der Waals surface area contributed by atoms with E-state index < -0.39 is 0 Å². The van der Waals surface area contributed by atoms with Gasteiger partial charge in [0.15, 0.2) is 5.96 Å². The van der Waals surface area contributed by atoms with Crippen molar-refractivity contribution < 1.29 is 9.47 Å². The minimum atomic E-state index is 0. The Morgan fingerprint density at radius 3 is 2.28 bits per heavy atom. The summed E-state index contributed by atoms with van der Waals surface area (Å²) in [6.07, 6.45) is 1.08. The molecule has 0 spiro atoms. The van der Waals surface area contributed by atoms with Gasteiger partial charge in [0.05, 0.1) is 14.2 Å². The molecule has 2 aromatic carbocycles. The zero-order valence-corrected chi connectivity index (χ0v) is 19.9. The maximum Gasteiger partial charge on any atom is 0.193 e. The Morgan fingerprint density at radius 2 is 1.69 bits per heavy atom. The summed E-state index contributed by atoms with van der Waals surface area (Å²) >= 11 is 0. The van der Waals surface area contributed by atoms with Gasteiger partial charge in [-0.2, -0.15) is 0 Å². The summed E-state index contributed by atoms with van der Waals surface area (Å²) in [6.45, 7) is 6.79. The molecule has 29 heavy (non-hydrogen) atoms. The van der Waals surface area contributed by atoms with Crippen molar-refractivity contribution in [2.45, 2.75) is 20.3 Å². The fourth-order valence-electron chi connectivity index (χ4n) is 3.65. The van der Waals surface area contributed by atoms with E-state index in [4.69, 9.17) is 15.2 Å². The van der Waals surface area contributed by atoms with Gasteiger partial charge in [0.1, 0.15) is 11.5 Å². The van der Waals surface area contributed by atoms with Crippen molar-refractivity contribution in [2.24, 2.45) is 16.6 Å². The van der Waals surface area contributed by atoms with Gasteiger partial charge in [-0.3, -0.25) is 4.99 Å². The molecule has 1 aliphatic rings. The van der Waals surface area contributed by atoms with Crippen molar-refractivity contribution in [3.63, 3.8) is 0 Å². The van der Waals surface area contributed by atoms with Gasteiger partial charge in [0, 0.05) is 49.2 Å². The number of nitrogens with two attached hydrogens (primary N) is 1. The number of benzene rings is 2. The van der Waals surface area contributed by atoms with Crippen LogP contribution in [0.1, 0.15) is 17.5 Å². The number of hydrogen-bond acceptors (Lipinski definition) is 4. The topological polar surface area (TPSA) is 72.1 Å². The molecule has 158 valence electrons. The number of hydrogen-bond donors (Lipinski definition) is 2. The molecule has 1 aliphatic heterocycles. The van der Waals surface area contributed by atoms with Crippen LogP contribution in [0.25, 0.3) is 0 Å². The number of nitrogens with zero attached hydrogens (tertiary/aromatic N) is 2. The third-order valence-electron chi connectivity index (χ3n) is 5.00. The smallest absolute Gasteiger partial charge is 0.193 e. The van der Waals surface area contributed by atoms with E-state index in [0.29, 0.717) is 18.4 Å². The zero-order chi connectivity index (χ0) is 20.1. The van der Waals surface area contributed by atoms with Crippen molar-refractivity contribution in [1.29, 1.82) is 0 Å². The average molecular weight is 510 g/mol. The van der Waals surface area contributed by atoms with Crippen LogP contribution in [0.5, 0.6) is 11.5 Å². The van der Waals surface area contributed by atoms with Crippen LogP contribution in [0.2, 0.25) is 0 Å². The molecule has 2 aromatic rings. The molecule has 0 saturated carbocycles. The van der Waals surface area contributed by atoms with Crippen molar-refractivity contribution in [3.05, 3.63) is 47.5 Å². The van der Waals surface area contributed by atoms with Crippen LogP contribution in [-0.2, 0) is 0 Å². The van der Waals surface area contributed by atoms with Crippen LogP contribution in [0.4, 0.5) is 11.4 Å². The largest absolute Gasteiger partial charge is 0.497 e. The molecule has 1 heterocycles. The van der Waals surface area contributed by atoms with Crippen molar-refractivity contribution in [1.82, 2.24) is 0 Å². The zero-order valence-electron chi connectivity index (χ0n) is 17.6. The number of ether oxygens (including phenoxy) is 2. The van der Waals surface area contributed by atoms with E-state index in [2.05, 4.69) is 47.3 Å². The van der Waals surface area contributed by atoms with Gasteiger partial charge in [-0.05, 0) is 49.4 Å². The van der Waals surface area contributed by atoms with Crippen LogP contribution in [0.3, 0.4) is 0 Å². The van der Waals surface area contributed by atoms with Gasteiger partial charge >= 0.3 is 0 Å². The minimum Gasteiger partial charge on any atom is -0.497 e. The molecule has 0 aromatic heterocycles. The van der Waals surface area contributed by atoms with E-state index in [1.807, 2.05) is 18.2 Å². The van der Waals surface area contributed by atoms with Crippen LogP contribution >= 0.6 is 24.0 Å². The second kappa shape index (κ2) is 10.6. The first-order valence-electron chi connectivity index (χ1n) is 9.60. The molecule has 1 atom stereocenters. The van der Waals surface area contributed by atoms with Crippen molar-refractivity contribution >= 4 is 41.3 Å². The molecule has 0 amide bonds. The van der Waals surface area contributed by atoms with E-state index >= 15 is 0 Å². The Morgan fingerprint density at radius 1 is 1.07 bits per heavy atom. The normalized spacial score (nSPS) is 16.3. The van der Waals surface area contributed by atoms with Gasteiger partial charge in [0.2, 0.25) is 0 Å². The highest BCUT2D eigenvalue weighted by molar-refractivity contribution is 14.0. The van der Waals surface area contributed by atoms with Crippen LogP contribution in [0.15, 0.2) is 41.4 Å². The Hall–Kier alpha value is -2.16. The van der Waals surface area contributed by atoms with Crippen LogP contribution < -0.4 is 25.4 Å². The maximum absolute atomic E-state index is 6.10. The highest BCUT2D eigenvalue weighted by Crippen LogP contribution is 2.31. The molecule has 6 nitrogen and oxygen atoms in total. The summed E-state index contributed by atoms with van der Waals surface area (Å²) in [4.78, 5) is 6.91. The predicted molar refractivity (Wildman–Crippen MR) is 131 cm³/mol. The minimum absolute atomic E-state index is 0. The molecule has 0 aliphatic carbocycles. The van der Waals surface area contributed by atoms with Crippen molar-refractivity contribution in [3.8, 4) is 11.5 Å². The number of rotatable bonds is 6. The third-order valence-corrected chi connectivity index (χ3v) is 5.00. The van der Waals surface area contributed by atoms with Gasteiger partial charge in [-0.15, -0.1) is 24.0 Å². The lowest BCUT2D eigenvalue weighted by molar-refractivity contribution is 0.394. The number of anilines is 2. The number of aryl methyl sites for hydroxylation is 2. The number of aliphatic imine (C=N–C) groups is 1. The van der Waals surface area contributed by atoms with Crippen LogP contribution in [0, 0.1) is 19.8 Å². The number of halogens is 1. The Bertz CT molecular complexity index is 814. The standard InChI is InChI=1S/C22H30N4O2.HI/c1-15-7-16(2)9-18(8-15)25-22(23)24-13-17-5-6-26(14-17)19-10-20(27-3)12-21(11-19)28-4;/h7-12,17H,5-6,13-14H2,1-4H3,(H3,23,24,25);1H. The molecule has 0 bridgehead atoms. The summed E-state index contributed by atoms with van der Waals surface area (Å²) in [5, 5.41) is 3.20. The molecule has 3 rings (SSSR count). The number of methoxy groups -OCH3 is 2. The highest BCUT2D eigenvalue weighted by atomic mass is 127. The van der Waals surface area contributed by atoms with Gasteiger partial charge in [-0.1, -0.05) is 6.07 Å². The highest BCUT2D eigenvalue weighted by Gasteiger charge is 2.23. The summed E-state index contributed by atoms with van der Waals surface area (Å²) in [5.74, 6) is 2.54. The number of nitrogens with one attached hydrogen (secondary N) is 1. The first-order valence-corrected chi connectivity index (χ1v) is 9.60. The quantitative estimate of drug-likeness (QED) is 0.347. The van der Waals surface area contributed by atoms with Crippen molar-refractivity contribution in [2.75, 3.05) is 44.1 Å². The lowest BCUT2D eigenvalue weighted by Gasteiger charge is -2.20. The first kappa shape index (κ1) is 23.1. The monoisotopic (exact) mass is 510 g/mol. The molecule has 3 N–H and O–H groups in total. The SMILES string of the molecule is COc1cc(OC)cc(N2CCC(CN=C(N)Nc3cc(C)cc(C)c3)C2)c1.I. The fraction of sp³-hybridized carbons (Fsp3) is 0.409. The second-order valence-corrected chi connectivity index (χ2v) is 7.40. The molecular formula is C22H31IN4O2. The summed E-state index contributed by atoms with van der Waals surface area (Å²) < 4.78 is 10.8. The molecule has 1 unspecified atom stereocenters. The van der Waals surface area contributed by atoms with E-state index in [9.17, 15) is 0 Å². The summed E-state index contributed by atoms with van der Waals surface area (Å²) in [7, 11) is 3.34. The van der Waals surface area contributed by atoms with Gasteiger partial charge < -0.3 is 25.4 Å². The molecule has 1 fully saturated rings. The first-order chi connectivity index (χ1) is 13.5. The lowest BCUT2D eigenvalue weighted by Crippen LogP contribution is -2.25. The maximum atomic E-state index is 6.10. The molecular weight excluding hydrogens is 479 g/mol. The Balaban J connectivity index is 0.00000300. The Labute approximate surface area is 190 Å². The molecule has 1 saturated heterocycles. The Kier molecular flexibility index (Phi) is 8.43. The average Bonchev–Trinajstić information content (AvgIpc) is 3.14. The third kappa shape index (κ3) is 6.42. The second-order valence-electron chi connectivity index (χ2n) is 7.40. The fourth-order valence-corrected chi connectivity index (χ4v) is 3.65. The van der Waals surface area contributed by atoms with E-state index in [1.165, 1.54) is 11.1 Å². The summed E-state index contributed by atoms with van der Waals surface area (Å²) in [5.41, 5.74) is 10.6. The predicted octanol–water partition coefficient (Wildman–Crippen LogP) is 4.19. The van der Waals surface area contributed by atoms with E-state index in [1.54, 1.807) is 14.2 Å². The van der Waals surface area contributed by atoms with Crippen LogP contribution in [-0.4, -0.2) is 39.8 Å². The summed E-state index contributed by atoms with van der Waals surface area (Å²) in [6, 6.07) is 12.3. The lowest BCUT2D eigenvalue weighted by atomic mass is 10.1. The molecule has 7 heteroatoms. The molecule has 0 radical (unpaired) electrons. The van der Waals surface area contributed by atoms with E-state index in [0.717, 1.165) is 42.4 Å². The van der Waals surface area contributed by atoms with Gasteiger partial charge in [-0.25, -0.2) is 0 Å².